The molecule has 0 N–H and O–H groups in total. The van der Waals surface area contributed by atoms with Gasteiger partial charge in [0.05, 0.1) is 12.7 Å². The number of likely N-dealkylation sites (tertiary alicyclic amines) is 1. The molecule has 1 amide bonds. The van der Waals surface area contributed by atoms with Crippen LogP contribution in [0.4, 0.5) is 0 Å². The zero-order valence-electron chi connectivity index (χ0n) is 14.9. The van der Waals surface area contributed by atoms with Gasteiger partial charge in [-0.3, -0.25) is 4.79 Å². The maximum atomic E-state index is 13.0. The maximum Gasteiger partial charge on any atom is 0.339 e. The van der Waals surface area contributed by atoms with Crippen LogP contribution in [0.1, 0.15) is 41.3 Å². The van der Waals surface area contributed by atoms with Crippen LogP contribution in [0.5, 0.6) is 5.75 Å². The van der Waals surface area contributed by atoms with Gasteiger partial charge >= 0.3 is 5.97 Å². The summed E-state index contributed by atoms with van der Waals surface area (Å²) in [5.41, 5.74) is 1.07. The molecule has 1 aliphatic rings. The number of rotatable bonds is 5. The summed E-state index contributed by atoms with van der Waals surface area (Å²) >= 11 is 0. The molecule has 0 bridgehead atoms. The Bertz CT molecular complexity index is 736. The lowest BCUT2D eigenvalue weighted by Gasteiger charge is -2.30. The molecule has 26 heavy (non-hydrogen) atoms. The molecule has 1 fully saturated rings. The summed E-state index contributed by atoms with van der Waals surface area (Å²) in [4.78, 5) is 27.4. The predicted octanol–water partition coefficient (Wildman–Crippen LogP) is 3.61. The molecule has 2 aromatic carbocycles. The van der Waals surface area contributed by atoms with Crippen LogP contribution < -0.4 is 4.74 Å². The zero-order chi connectivity index (χ0) is 18.4. The normalized spacial score (nSPS) is 15.2. The first kappa shape index (κ1) is 18.0. The third-order valence-electron chi connectivity index (χ3n) is 4.54. The van der Waals surface area contributed by atoms with Crippen LogP contribution in [-0.4, -0.2) is 37.0 Å². The van der Waals surface area contributed by atoms with Gasteiger partial charge in [-0.05, 0) is 43.5 Å². The Kier molecular flexibility index (Phi) is 5.89. The van der Waals surface area contributed by atoms with Crippen molar-refractivity contribution in [1.29, 1.82) is 0 Å². The van der Waals surface area contributed by atoms with Gasteiger partial charge in [0.25, 0.3) is 5.91 Å². The average molecular weight is 353 g/mol. The number of piperidine rings is 1. The Morgan fingerprint density at radius 3 is 2.19 bits per heavy atom. The van der Waals surface area contributed by atoms with E-state index >= 15 is 0 Å². The molecule has 1 heterocycles. The molecule has 0 aromatic heterocycles. The van der Waals surface area contributed by atoms with Crippen molar-refractivity contribution >= 4 is 11.9 Å². The molecule has 0 unspecified atom stereocenters. The molecule has 0 radical (unpaired) electrons. The molecular formula is C21H23NO4. The van der Waals surface area contributed by atoms with E-state index in [1.165, 1.54) is 0 Å². The van der Waals surface area contributed by atoms with E-state index in [9.17, 15) is 9.59 Å². The smallest absolute Gasteiger partial charge is 0.339 e. The highest BCUT2D eigenvalue weighted by Crippen LogP contribution is 2.24. The minimum absolute atomic E-state index is 0.155. The molecule has 3 rings (SSSR count). The Morgan fingerprint density at radius 1 is 0.923 bits per heavy atom. The summed E-state index contributed by atoms with van der Waals surface area (Å²) in [7, 11) is 1.57. The lowest BCUT2D eigenvalue weighted by Crippen LogP contribution is -2.40. The highest BCUT2D eigenvalue weighted by molar-refractivity contribution is 5.92. The molecule has 5 heteroatoms. The van der Waals surface area contributed by atoms with Gasteiger partial charge in [-0.1, -0.05) is 30.3 Å². The van der Waals surface area contributed by atoms with Crippen molar-refractivity contribution in [2.75, 3.05) is 20.2 Å². The standard InChI is InChI=1S/C21H23NO4/c1-25-18-12-10-17(11-13-18)21(24)26-19(16-8-4-2-5-9-16)20(23)22-14-6-3-7-15-22/h2,4-5,8-13,19H,3,6-7,14-15H2,1H3/t19-/m0/s1. The van der Waals surface area contributed by atoms with Crippen molar-refractivity contribution < 1.29 is 19.1 Å². The summed E-state index contributed by atoms with van der Waals surface area (Å²) in [6, 6.07) is 15.8. The van der Waals surface area contributed by atoms with Crippen LogP contribution in [0.2, 0.25) is 0 Å². The Labute approximate surface area is 153 Å². The molecule has 1 atom stereocenters. The summed E-state index contributed by atoms with van der Waals surface area (Å²) in [6.07, 6.45) is 2.18. The highest BCUT2D eigenvalue weighted by Gasteiger charge is 2.30. The molecule has 0 spiro atoms. The highest BCUT2D eigenvalue weighted by atomic mass is 16.5. The number of esters is 1. The van der Waals surface area contributed by atoms with Crippen LogP contribution in [0.25, 0.3) is 0 Å². The number of nitrogens with zero attached hydrogens (tertiary/aromatic N) is 1. The summed E-state index contributed by atoms with van der Waals surface area (Å²) in [5, 5.41) is 0. The van der Waals surface area contributed by atoms with Gasteiger partial charge in [0.2, 0.25) is 6.10 Å². The van der Waals surface area contributed by atoms with Crippen LogP contribution in [-0.2, 0) is 9.53 Å². The first-order chi connectivity index (χ1) is 12.7. The minimum Gasteiger partial charge on any atom is -0.497 e. The van der Waals surface area contributed by atoms with Crippen LogP contribution >= 0.6 is 0 Å². The van der Waals surface area contributed by atoms with Crippen molar-refractivity contribution in [3.05, 3.63) is 65.7 Å². The van der Waals surface area contributed by atoms with E-state index in [0.29, 0.717) is 30.0 Å². The van der Waals surface area contributed by atoms with E-state index in [4.69, 9.17) is 9.47 Å². The van der Waals surface area contributed by atoms with Crippen molar-refractivity contribution in [3.63, 3.8) is 0 Å². The van der Waals surface area contributed by atoms with Gasteiger partial charge in [-0.25, -0.2) is 4.79 Å². The second-order valence-corrected chi connectivity index (χ2v) is 6.31. The number of methoxy groups -OCH3 is 1. The third-order valence-corrected chi connectivity index (χ3v) is 4.54. The van der Waals surface area contributed by atoms with Gasteiger partial charge in [0, 0.05) is 18.7 Å². The lowest BCUT2D eigenvalue weighted by atomic mass is 10.1. The number of hydrogen-bond acceptors (Lipinski definition) is 4. The van der Waals surface area contributed by atoms with Crippen molar-refractivity contribution in [3.8, 4) is 5.75 Å². The van der Waals surface area contributed by atoms with Crippen molar-refractivity contribution in [2.24, 2.45) is 0 Å². The van der Waals surface area contributed by atoms with Gasteiger partial charge in [0.15, 0.2) is 0 Å². The van der Waals surface area contributed by atoms with E-state index in [2.05, 4.69) is 0 Å². The summed E-state index contributed by atoms with van der Waals surface area (Å²) in [6.45, 7) is 1.42. The lowest BCUT2D eigenvalue weighted by molar-refractivity contribution is -0.142. The van der Waals surface area contributed by atoms with Crippen LogP contribution in [0.3, 0.4) is 0 Å². The molecule has 0 aliphatic carbocycles. The number of carbonyl (C=O) groups excluding carboxylic acids is 2. The second kappa shape index (κ2) is 8.52. The quantitative estimate of drug-likeness (QED) is 0.771. The molecule has 2 aromatic rings. The van der Waals surface area contributed by atoms with E-state index in [-0.39, 0.29) is 5.91 Å². The van der Waals surface area contributed by atoms with Crippen molar-refractivity contribution in [1.82, 2.24) is 4.90 Å². The van der Waals surface area contributed by atoms with Gasteiger partial charge in [-0.2, -0.15) is 0 Å². The first-order valence-corrected chi connectivity index (χ1v) is 8.88. The fourth-order valence-corrected chi connectivity index (χ4v) is 3.07. The fourth-order valence-electron chi connectivity index (χ4n) is 3.07. The minimum atomic E-state index is -0.927. The molecule has 5 nitrogen and oxygen atoms in total. The molecule has 1 saturated heterocycles. The number of carbonyl (C=O) groups is 2. The fraction of sp³-hybridized carbons (Fsp3) is 0.333. The first-order valence-electron chi connectivity index (χ1n) is 8.88. The number of hydrogen-bond donors (Lipinski definition) is 0. The topological polar surface area (TPSA) is 55.8 Å². The van der Waals surface area contributed by atoms with E-state index < -0.39 is 12.1 Å². The van der Waals surface area contributed by atoms with Crippen LogP contribution in [0, 0.1) is 0 Å². The van der Waals surface area contributed by atoms with Crippen molar-refractivity contribution in [2.45, 2.75) is 25.4 Å². The molecular weight excluding hydrogens is 330 g/mol. The Morgan fingerprint density at radius 2 is 1.58 bits per heavy atom. The summed E-state index contributed by atoms with van der Waals surface area (Å²) in [5.74, 6) is -0.0184. The van der Waals surface area contributed by atoms with Crippen LogP contribution in [0.15, 0.2) is 54.6 Å². The Balaban J connectivity index is 1.80. The van der Waals surface area contributed by atoms with Gasteiger partial charge in [-0.15, -0.1) is 0 Å². The average Bonchev–Trinajstić information content (AvgIpc) is 2.72. The van der Waals surface area contributed by atoms with E-state index in [1.54, 1.807) is 36.3 Å². The second-order valence-electron chi connectivity index (χ2n) is 6.31. The van der Waals surface area contributed by atoms with Gasteiger partial charge < -0.3 is 14.4 Å². The third kappa shape index (κ3) is 4.23. The molecule has 1 aliphatic heterocycles. The number of ether oxygens (including phenoxy) is 2. The number of benzene rings is 2. The zero-order valence-corrected chi connectivity index (χ0v) is 14.9. The molecule has 136 valence electrons. The molecule has 0 saturated carbocycles. The SMILES string of the molecule is COc1ccc(C(=O)O[C@H](C(=O)N2CCCCC2)c2ccccc2)cc1. The largest absolute Gasteiger partial charge is 0.497 e. The number of amides is 1. The van der Waals surface area contributed by atoms with Gasteiger partial charge in [0.1, 0.15) is 5.75 Å². The van der Waals surface area contributed by atoms with E-state index in [1.807, 2.05) is 30.3 Å². The predicted molar refractivity (Wildman–Crippen MR) is 98.0 cm³/mol. The van der Waals surface area contributed by atoms with E-state index in [0.717, 1.165) is 19.3 Å². The monoisotopic (exact) mass is 353 g/mol. The Hall–Kier alpha value is -2.82. The summed E-state index contributed by atoms with van der Waals surface area (Å²) < 4.78 is 10.7. The maximum absolute atomic E-state index is 13.0.